The van der Waals surface area contributed by atoms with E-state index in [1.165, 1.54) is 12.3 Å². The number of aromatic nitrogens is 2. The molecule has 0 saturated heterocycles. The van der Waals surface area contributed by atoms with Crippen LogP contribution in [0.3, 0.4) is 0 Å². The van der Waals surface area contributed by atoms with Crippen LogP contribution in [0.1, 0.15) is 26.3 Å². The van der Waals surface area contributed by atoms with E-state index in [0.717, 1.165) is 15.7 Å². The van der Waals surface area contributed by atoms with Crippen molar-refractivity contribution < 1.29 is 19.1 Å². The molecule has 0 aliphatic rings. The number of carbonyl (C=O) groups is 2. The highest BCUT2D eigenvalue weighted by Gasteiger charge is 2.21. The van der Waals surface area contributed by atoms with Crippen molar-refractivity contribution in [3.8, 4) is 11.3 Å². The van der Waals surface area contributed by atoms with E-state index < -0.39 is 17.8 Å². The molecule has 3 N–H and O–H groups in total. The fourth-order valence-electron chi connectivity index (χ4n) is 2.23. The number of benzene rings is 1. The smallest absolute Gasteiger partial charge is 0.421 e. The maximum Gasteiger partial charge on any atom is 0.421 e. The predicted molar refractivity (Wildman–Crippen MR) is 104 cm³/mol. The number of hydrogen-bond donors (Lipinski definition) is 2. The molecule has 0 aliphatic heterocycles. The summed E-state index contributed by atoms with van der Waals surface area (Å²) in [7, 11) is 0. The summed E-state index contributed by atoms with van der Waals surface area (Å²) in [5, 5.41) is 2.65. The summed E-state index contributed by atoms with van der Waals surface area (Å²) in [6.45, 7) is 10.8. The second-order valence-electron chi connectivity index (χ2n) is 6.88. The van der Waals surface area contributed by atoms with E-state index in [4.69, 9.17) is 15.2 Å². The molecule has 0 radical (unpaired) electrons. The SMILES string of the molecule is C=CCOC(=O)Nc1ccc(-c2cn(C(=O)OC(C)(C)C)c(N)n2)cc1C. The molecule has 0 fully saturated rings. The van der Waals surface area contributed by atoms with E-state index in [1.54, 1.807) is 32.9 Å². The summed E-state index contributed by atoms with van der Waals surface area (Å²) in [6.07, 6.45) is 1.84. The normalized spacial score (nSPS) is 11.0. The Labute approximate surface area is 158 Å². The summed E-state index contributed by atoms with van der Waals surface area (Å²) in [5.41, 5.74) is 7.87. The minimum absolute atomic E-state index is 0.0344. The highest BCUT2D eigenvalue weighted by atomic mass is 16.6. The van der Waals surface area contributed by atoms with Gasteiger partial charge in [0.25, 0.3) is 0 Å². The molecule has 8 heteroatoms. The Morgan fingerprint density at radius 3 is 2.67 bits per heavy atom. The Hall–Kier alpha value is -3.29. The molecule has 0 saturated carbocycles. The molecule has 27 heavy (non-hydrogen) atoms. The number of hydrogen-bond acceptors (Lipinski definition) is 6. The number of aryl methyl sites for hydroxylation is 1. The second kappa shape index (κ2) is 7.94. The summed E-state index contributed by atoms with van der Waals surface area (Å²) < 4.78 is 11.4. The molecule has 1 amide bonds. The van der Waals surface area contributed by atoms with Crippen LogP contribution in [0.4, 0.5) is 21.2 Å². The number of anilines is 2. The fraction of sp³-hybridized carbons (Fsp3) is 0.316. The van der Waals surface area contributed by atoms with E-state index >= 15 is 0 Å². The second-order valence-corrected chi connectivity index (χ2v) is 6.88. The zero-order valence-corrected chi connectivity index (χ0v) is 15.9. The van der Waals surface area contributed by atoms with Gasteiger partial charge in [0.2, 0.25) is 5.95 Å². The van der Waals surface area contributed by atoms with Crippen LogP contribution in [-0.2, 0) is 9.47 Å². The van der Waals surface area contributed by atoms with Crippen LogP contribution in [-0.4, -0.2) is 33.9 Å². The van der Waals surface area contributed by atoms with Gasteiger partial charge in [-0.15, -0.1) is 0 Å². The highest BCUT2D eigenvalue weighted by Crippen LogP contribution is 2.25. The lowest BCUT2D eigenvalue weighted by Crippen LogP contribution is -2.27. The van der Waals surface area contributed by atoms with E-state index in [0.29, 0.717) is 11.4 Å². The van der Waals surface area contributed by atoms with Crippen LogP contribution >= 0.6 is 0 Å². The molecule has 0 aliphatic carbocycles. The lowest BCUT2D eigenvalue weighted by Gasteiger charge is -2.19. The Morgan fingerprint density at radius 2 is 2.07 bits per heavy atom. The van der Waals surface area contributed by atoms with Crippen molar-refractivity contribution >= 4 is 23.8 Å². The van der Waals surface area contributed by atoms with Crippen LogP contribution in [0.5, 0.6) is 0 Å². The average Bonchev–Trinajstić information content (AvgIpc) is 2.95. The number of carbonyl (C=O) groups excluding carboxylic acids is 2. The maximum absolute atomic E-state index is 12.2. The van der Waals surface area contributed by atoms with Gasteiger partial charge in [-0.05, 0) is 45.4 Å². The summed E-state index contributed by atoms with van der Waals surface area (Å²) >= 11 is 0. The molecular formula is C19H24N4O4. The number of nitrogens with two attached hydrogens (primary N) is 1. The first-order chi connectivity index (χ1) is 12.6. The quantitative estimate of drug-likeness (QED) is 0.787. The third-order valence-corrected chi connectivity index (χ3v) is 3.41. The van der Waals surface area contributed by atoms with Gasteiger partial charge in [-0.2, -0.15) is 0 Å². The molecule has 1 heterocycles. The summed E-state index contributed by atoms with van der Waals surface area (Å²) in [6, 6.07) is 5.31. The van der Waals surface area contributed by atoms with E-state index in [2.05, 4.69) is 16.9 Å². The predicted octanol–water partition coefficient (Wildman–Crippen LogP) is 3.96. The van der Waals surface area contributed by atoms with Crippen LogP contribution in [0.25, 0.3) is 11.3 Å². The van der Waals surface area contributed by atoms with Gasteiger partial charge in [-0.25, -0.2) is 19.1 Å². The first-order valence-corrected chi connectivity index (χ1v) is 8.34. The number of amides is 1. The number of rotatable bonds is 4. The van der Waals surface area contributed by atoms with Crippen LogP contribution < -0.4 is 11.1 Å². The molecule has 0 unspecified atom stereocenters. The van der Waals surface area contributed by atoms with Gasteiger partial charge in [0.1, 0.15) is 12.2 Å². The number of nitrogens with zero attached hydrogens (tertiary/aromatic N) is 2. The van der Waals surface area contributed by atoms with Crippen LogP contribution in [0.15, 0.2) is 37.1 Å². The number of nitrogen functional groups attached to an aromatic ring is 1. The molecule has 2 aromatic rings. The van der Waals surface area contributed by atoms with Crippen molar-refractivity contribution in [3.63, 3.8) is 0 Å². The van der Waals surface area contributed by atoms with Gasteiger partial charge in [-0.1, -0.05) is 18.7 Å². The van der Waals surface area contributed by atoms with Crippen molar-refractivity contribution in [2.75, 3.05) is 17.7 Å². The molecule has 0 bridgehead atoms. The summed E-state index contributed by atoms with van der Waals surface area (Å²) in [5.74, 6) is 0.0344. The first kappa shape index (κ1) is 20.0. The Morgan fingerprint density at radius 1 is 1.37 bits per heavy atom. The Kier molecular flexibility index (Phi) is 5.89. The van der Waals surface area contributed by atoms with Gasteiger partial charge < -0.3 is 15.2 Å². The van der Waals surface area contributed by atoms with E-state index in [-0.39, 0.29) is 12.6 Å². The van der Waals surface area contributed by atoms with Crippen molar-refractivity contribution in [2.24, 2.45) is 0 Å². The highest BCUT2D eigenvalue weighted by molar-refractivity contribution is 5.86. The third-order valence-electron chi connectivity index (χ3n) is 3.41. The fourth-order valence-corrected chi connectivity index (χ4v) is 2.23. The molecule has 2 rings (SSSR count). The van der Waals surface area contributed by atoms with Gasteiger partial charge in [0, 0.05) is 17.4 Å². The Balaban J connectivity index is 2.21. The van der Waals surface area contributed by atoms with Crippen molar-refractivity contribution in [2.45, 2.75) is 33.3 Å². The van der Waals surface area contributed by atoms with E-state index in [1.807, 2.05) is 13.0 Å². The number of nitrogens with one attached hydrogen (secondary N) is 1. The molecular weight excluding hydrogens is 348 g/mol. The molecule has 0 spiro atoms. The lowest BCUT2D eigenvalue weighted by molar-refractivity contribution is 0.0540. The molecule has 0 atom stereocenters. The zero-order chi connectivity index (χ0) is 20.2. The number of imidazole rings is 1. The van der Waals surface area contributed by atoms with E-state index in [9.17, 15) is 9.59 Å². The van der Waals surface area contributed by atoms with Gasteiger partial charge >= 0.3 is 12.2 Å². The Bertz CT molecular complexity index is 865. The largest absolute Gasteiger partial charge is 0.445 e. The topological polar surface area (TPSA) is 108 Å². The molecule has 8 nitrogen and oxygen atoms in total. The van der Waals surface area contributed by atoms with Crippen LogP contribution in [0, 0.1) is 6.92 Å². The molecule has 1 aromatic carbocycles. The van der Waals surface area contributed by atoms with Gasteiger partial charge in [0.05, 0.1) is 5.69 Å². The standard InChI is InChI=1S/C19H24N4O4/c1-6-9-26-17(24)22-14-8-7-13(10-12(14)2)15-11-23(16(20)21-15)18(25)27-19(3,4)5/h6-8,10-11H,1,9H2,2-5H3,(H2,20,21)(H,22,24). The van der Waals surface area contributed by atoms with Gasteiger partial charge in [-0.3, -0.25) is 5.32 Å². The minimum Gasteiger partial charge on any atom is -0.445 e. The number of ether oxygens (including phenoxy) is 2. The monoisotopic (exact) mass is 372 g/mol. The summed E-state index contributed by atoms with van der Waals surface area (Å²) in [4.78, 5) is 28.1. The maximum atomic E-state index is 12.2. The lowest BCUT2D eigenvalue weighted by atomic mass is 10.1. The van der Waals surface area contributed by atoms with Crippen molar-refractivity contribution in [1.29, 1.82) is 0 Å². The van der Waals surface area contributed by atoms with Crippen molar-refractivity contribution in [1.82, 2.24) is 9.55 Å². The van der Waals surface area contributed by atoms with Crippen LogP contribution in [0.2, 0.25) is 0 Å². The molecule has 1 aromatic heterocycles. The third kappa shape index (κ3) is 5.34. The molecule has 144 valence electrons. The van der Waals surface area contributed by atoms with Gasteiger partial charge in [0.15, 0.2) is 0 Å². The first-order valence-electron chi connectivity index (χ1n) is 8.34. The minimum atomic E-state index is -0.641. The van der Waals surface area contributed by atoms with Crippen molar-refractivity contribution in [3.05, 3.63) is 42.6 Å². The average molecular weight is 372 g/mol. The zero-order valence-electron chi connectivity index (χ0n) is 15.9.